The number of nitrogens with one attached hydrogen (secondary N) is 2. The standard InChI is InChI=1S/C48H50F2N8O6/c1-47(2)45(48(3,4)46(47)64-38-11-8-29(25-51)40-30(38)6-5-15-52-40)54-41(60)28-7-9-35(33(49)22-28)56-16-13-27(14-17-56)26-55-18-20-57(21-19-55)37-24-32-31(23-34(37)50)43(62)58(44(32)63)36-10-12-39(59)53-42(36)61/h5-9,11,15,22-24,27,36,45-46H,10,12-14,16-21,26H2,1-4H3,(H,54,60)(H,53,59,61)/t36?,45-,46-. The fraction of sp³-hybridized carbons (Fsp3) is 0.438. The topological polar surface area (TPSA) is 168 Å². The summed E-state index contributed by atoms with van der Waals surface area (Å²) in [6.45, 7) is 12.7. The number of aromatic nitrogens is 1. The predicted molar refractivity (Wildman–Crippen MR) is 233 cm³/mol. The number of piperazine rings is 1. The molecule has 0 bridgehead atoms. The van der Waals surface area contributed by atoms with Gasteiger partial charge >= 0.3 is 0 Å². The number of rotatable bonds is 9. The Balaban J connectivity index is 0.761. The lowest BCUT2D eigenvalue weighted by atomic mass is 9.49. The highest BCUT2D eigenvalue weighted by Crippen LogP contribution is 2.56. The number of benzene rings is 3. The first-order chi connectivity index (χ1) is 30.6. The Labute approximate surface area is 369 Å². The van der Waals surface area contributed by atoms with Crippen LogP contribution in [0.4, 0.5) is 20.2 Å². The summed E-state index contributed by atoms with van der Waals surface area (Å²) in [5, 5.41) is 15.7. The molecule has 16 heteroatoms. The number of pyridine rings is 1. The predicted octanol–water partition coefficient (Wildman–Crippen LogP) is 5.44. The molecule has 64 heavy (non-hydrogen) atoms. The fourth-order valence-electron chi connectivity index (χ4n) is 11.0. The highest BCUT2D eigenvalue weighted by atomic mass is 19.1. The van der Waals surface area contributed by atoms with Gasteiger partial charge in [-0.15, -0.1) is 0 Å². The van der Waals surface area contributed by atoms with E-state index in [1.165, 1.54) is 12.1 Å². The van der Waals surface area contributed by atoms with Crippen LogP contribution in [0.2, 0.25) is 0 Å². The SMILES string of the molecule is CC1(C)[C@H](NC(=O)c2ccc(N3CCC(CN4CCN(c5cc6c(cc5F)C(=O)N(C5CCC(=O)NC5=O)C6=O)CC4)CC3)c(F)c2)C(C)(C)[C@H]1Oc1ccc(C#N)c2ncccc12. The number of ether oxygens (including phenoxy) is 1. The van der Waals surface area contributed by atoms with Crippen molar-refractivity contribution in [3.8, 4) is 11.8 Å². The molecule has 4 fully saturated rings. The van der Waals surface area contributed by atoms with Crippen LogP contribution in [0.15, 0.2) is 60.8 Å². The van der Waals surface area contributed by atoms with Gasteiger partial charge in [-0.05, 0) is 79.8 Å². The molecule has 14 nitrogen and oxygen atoms in total. The Bertz CT molecular complexity index is 2630. The number of amides is 5. The van der Waals surface area contributed by atoms with Crippen LogP contribution in [0.25, 0.3) is 10.9 Å². The quantitative estimate of drug-likeness (QED) is 0.206. The highest BCUT2D eigenvalue weighted by molar-refractivity contribution is 6.23. The second kappa shape index (κ2) is 16.3. The van der Waals surface area contributed by atoms with E-state index >= 15 is 8.78 Å². The van der Waals surface area contributed by atoms with Gasteiger partial charge in [-0.2, -0.15) is 5.26 Å². The third-order valence-electron chi connectivity index (χ3n) is 14.1. The van der Waals surface area contributed by atoms with Gasteiger partial charge in [-0.1, -0.05) is 27.7 Å². The van der Waals surface area contributed by atoms with Crippen molar-refractivity contribution < 1.29 is 37.5 Å². The Morgan fingerprint density at radius 3 is 2.20 bits per heavy atom. The van der Waals surface area contributed by atoms with Crippen molar-refractivity contribution in [2.75, 3.05) is 55.6 Å². The number of hydrogen-bond acceptors (Lipinski definition) is 11. The third-order valence-corrected chi connectivity index (χ3v) is 14.1. The van der Waals surface area contributed by atoms with Gasteiger partial charge in [0.2, 0.25) is 11.8 Å². The molecule has 1 aromatic heterocycles. The molecule has 1 saturated carbocycles. The van der Waals surface area contributed by atoms with Crippen LogP contribution in [0, 0.1) is 39.7 Å². The van der Waals surface area contributed by atoms with Gasteiger partial charge in [0.15, 0.2) is 0 Å². The Kier molecular flexibility index (Phi) is 10.9. The molecule has 5 aliphatic rings. The largest absolute Gasteiger partial charge is 0.488 e. The van der Waals surface area contributed by atoms with Gasteiger partial charge in [0.1, 0.15) is 35.6 Å². The molecule has 1 aliphatic carbocycles. The maximum atomic E-state index is 15.8. The van der Waals surface area contributed by atoms with Crippen LogP contribution in [-0.2, 0) is 9.59 Å². The van der Waals surface area contributed by atoms with Crippen molar-refractivity contribution in [2.24, 2.45) is 16.7 Å². The number of nitrogens with zero attached hydrogens (tertiary/aromatic N) is 6. The molecule has 5 amide bonds. The van der Waals surface area contributed by atoms with E-state index < -0.39 is 52.1 Å². The first-order valence-corrected chi connectivity index (χ1v) is 21.9. The molecule has 3 aromatic carbocycles. The lowest BCUT2D eigenvalue weighted by Crippen LogP contribution is -2.74. The van der Waals surface area contributed by atoms with Crippen molar-refractivity contribution in [3.05, 3.63) is 94.7 Å². The van der Waals surface area contributed by atoms with Gasteiger partial charge < -0.3 is 19.9 Å². The summed E-state index contributed by atoms with van der Waals surface area (Å²) in [4.78, 5) is 75.7. The number of carbonyl (C=O) groups excluding carboxylic acids is 5. The molecule has 1 unspecified atom stereocenters. The van der Waals surface area contributed by atoms with Crippen molar-refractivity contribution in [3.63, 3.8) is 0 Å². The average Bonchev–Trinajstić information content (AvgIpc) is 3.51. The molecule has 4 aliphatic heterocycles. The Morgan fingerprint density at radius 2 is 1.53 bits per heavy atom. The van der Waals surface area contributed by atoms with Crippen molar-refractivity contribution in [1.29, 1.82) is 5.26 Å². The summed E-state index contributed by atoms with van der Waals surface area (Å²) in [5.74, 6) is -3.03. The van der Waals surface area contributed by atoms with E-state index in [1.54, 1.807) is 36.5 Å². The summed E-state index contributed by atoms with van der Waals surface area (Å²) < 4.78 is 37.9. The van der Waals surface area contributed by atoms with E-state index in [4.69, 9.17) is 4.74 Å². The average molecular weight is 873 g/mol. The van der Waals surface area contributed by atoms with E-state index in [1.807, 2.05) is 43.6 Å². The lowest BCUT2D eigenvalue weighted by Gasteiger charge is -2.63. The second-order valence-corrected chi connectivity index (χ2v) is 18.9. The third kappa shape index (κ3) is 7.38. The Hall–Kier alpha value is -6.47. The fourth-order valence-corrected chi connectivity index (χ4v) is 11.0. The van der Waals surface area contributed by atoms with Gasteiger partial charge in [-0.3, -0.25) is 44.1 Å². The van der Waals surface area contributed by atoms with E-state index in [0.717, 1.165) is 35.7 Å². The lowest BCUT2D eigenvalue weighted by molar-refractivity contribution is -0.163. The molecule has 4 aromatic rings. The number of halogens is 2. The van der Waals surface area contributed by atoms with Gasteiger partial charge in [-0.25, -0.2) is 8.78 Å². The zero-order valence-electron chi connectivity index (χ0n) is 36.2. The summed E-state index contributed by atoms with van der Waals surface area (Å²) in [7, 11) is 0. The van der Waals surface area contributed by atoms with E-state index in [0.29, 0.717) is 67.7 Å². The van der Waals surface area contributed by atoms with Gasteiger partial charge in [0.05, 0.1) is 33.6 Å². The van der Waals surface area contributed by atoms with E-state index in [-0.39, 0.29) is 53.3 Å². The number of anilines is 2. The summed E-state index contributed by atoms with van der Waals surface area (Å²) in [5.41, 5.74) is 0.967. The smallest absolute Gasteiger partial charge is 0.262 e. The molecule has 2 N–H and O–H groups in total. The van der Waals surface area contributed by atoms with Crippen molar-refractivity contribution in [1.82, 2.24) is 25.4 Å². The summed E-state index contributed by atoms with van der Waals surface area (Å²) in [6, 6.07) is 15.1. The number of fused-ring (bicyclic) bond motifs is 2. The van der Waals surface area contributed by atoms with Gasteiger partial charge in [0.25, 0.3) is 17.7 Å². The maximum Gasteiger partial charge on any atom is 0.262 e. The van der Waals surface area contributed by atoms with Crippen molar-refractivity contribution >= 4 is 51.8 Å². The number of nitriles is 1. The van der Waals surface area contributed by atoms with E-state index in [2.05, 4.69) is 26.6 Å². The van der Waals surface area contributed by atoms with Crippen molar-refractivity contribution in [2.45, 2.75) is 71.6 Å². The zero-order chi connectivity index (χ0) is 45.2. The van der Waals surface area contributed by atoms with Crippen LogP contribution in [0.5, 0.6) is 5.75 Å². The maximum absolute atomic E-state index is 15.8. The number of hydrogen-bond donors (Lipinski definition) is 2. The van der Waals surface area contributed by atoms with Crippen LogP contribution in [-0.4, -0.2) is 108 Å². The van der Waals surface area contributed by atoms with Crippen LogP contribution < -0.4 is 25.2 Å². The first kappa shape index (κ1) is 42.8. The monoisotopic (exact) mass is 872 g/mol. The molecule has 9 rings (SSSR count). The van der Waals surface area contributed by atoms with Crippen LogP contribution >= 0.6 is 0 Å². The molecule has 0 spiro atoms. The summed E-state index contributed by atoms with van der Waals surface area (Å²) >= 11 is 0. The van der Waals surface area contributed by atoms with Gasteiger partial charge in [0, 0.05) is 86.3 Å². The normalized spacial score (nSPS) is 23.4. The van der Waals surface area contributed by atoms with Crippen LogP contribution in [0.3, 0.4) is 0 Å². The molecular formula is C48H50F2N8O6. The minimum absolute atomic E-state index is 0.000214. The van der Waals surface area contributed by atoms with E-state index in [9.17, 15) is 29.2 Å². The molecule has 0 radical (unpaired) electrons. The Morgan fingerprint density at radius 1 is 0.859 bits per heavy atom. The zero-order valence-corrected chi connectivity index (χ0v) is 36.2. The minimum Gasteiger partial charge on any atom is -0.488 e. The first-order valence-electron chi connectivity index (χ1n) is 21.9. The highest BCUT2D eigenvalue weighted by Gasteiger charge is 2.64. The number of piperidine rings is 2. The summed E-state index contributed by atoms with van der Waals surface area (Å²) in [6.07, 6.45) is 3.09. The minimum atomic E-state index is -1.12. The molecule has 5 heterocycles. The second-order valence-electron chi connectivity index (χ2n) is 18.9. The molecule has 1 atom stereocenters. The molecule has 332 valence electrons. The molecular weight excluding hydrogens is 823 g/mol. The number of imide groups is 2. The van der Waals surface area contributed by atoms with Crippen LogP contribution in [0.1, 0.15) is 90.0 Å². The molecule has 3 saturated heterocycles. The number of carbonyl (C=O) groups is 5.